The van der Waals surface area contributed by atoms with E-state index in [1.165, 1.54) is 81.0 Å². The number of allylic oxidation sites excluding steroid dienone is 2. The van der Waals surface area contributed by atoms with Gasteiger partial charge in [0.2, 0.25) is 5.96 Å². The van der Waals surface area contributed by atoms with Crippen LogP contribution in [0.4, 0.5) is 17.1 Å². The van der Waals surface area contributed by atoms with Gasteiger partial charge in [0.1, 0.15) is 23.0 Å². The molecule has 1 aromatic heterocycles. The van der Waals surface area contributed by atoms with E-state index >= 15 is 0 Å². The van der Waals surface area contributed by atoms with E-state index in [4.69, 9.17) is 14.5 Å². The van der Waals surface area contributed by atoms with Crippen molar-refractivity contribution in [2.24, 2.45) is 4.99 Å². The molecule has 0 N–H and O–H groups in total. The second-order valence-electron chi connectivity index (χ2n) is 19.6. The molecule has 7 aliphatic rings. The Hall–Kier alpha value is -8.52. The predicted molar refractivity (Wildman–Crippen MR) is 291 cm³/mol. The quantitative estimate of drug-likeness (QED) is 0.194. The number of fused-ring (bicyclic) bond motifs is 20. The summed E-state index contributed by atoms with van der Waals surface area (Å²) in [6.07, 6.45) is 8.74. The van der Waals surface area contributed by atoms with Crippen molar-refractivity contribution in [2.75, 3.05) is 9.80 Å². The third-order valence-electron chi connectivity index (χ3n) is 16.5. The molecule has 10 aromatic rings. The smallest absolute Gasteiger partial charge is 0.250 e. The van der Waals surface area contributed by atoms with Gasteiger partial charge in [0.25, 0.3) is 13.4 Å². The number of guanidine groups is 1. The summed E-state index contributed by atoms with van der Waals surface area (Å²) >= 11 is 0. The monoisotopic (exact) mass is 908 g/mol. The van der Waals surface area contributed by atoms with Gasteiger partial charge in [-0.2, -0.15) is 0 Å². The molecule has 0 bridgehead atoms. The van der Waals surface area contributed by atoms with Crippen LogP contribution in [0.1, 0.15) is 0 Å². The second-order valence-corrected chi connectivity index (χ2v) is 23.3. The van der Waals surface area contributed by atoms with Crippen LogP contribution in [0.15, 0.2) is 223 Å². The molecule has 9 aromatic carbocycles. The molecule has 0 amide bonds. The summed E-state index contributed by atoms with van der Waals surface area (Å²) in [4.78, 5) is 10.0. The standard InChI is InChI=1S/C61H38B2N4O2Si/c1-6-20-46-39(15-1)40-16-2-7-21-47(40)65(46)37-31-33-41-53(35-37)68-51-25-13-29-57-59(51)62(41)43-17-3-11-27-55(43)70(57)56-28-12-4-18-44(56)63-42-34-32-38(36-54(42)69-52-26-14-30-58(70)60(52)63)66-49-23-9-10-24-50(49)67-48-22-8-5-19-45(48)64-61(66)67/h1-36,45,48H. The van der Waals surface area contributed by atoms with Crippen LogP contribution < -0.4 is 72.8 Å². The Morgan fingerprint density at radius 3 is 1.63 bits per heavy atom. The van der Waals surface area contributed by atoms with E-state index in [1.54, 1.807) is 0 Å². The van der Waals surface area contributed by atoms with Crippen LogP contribution in [0.5, 0.6) is 23.0 Å². The molecule has 7 heterocycles. The Balaban J connectivity index is 0.837. The van der Waals surface area contributed by atoms with Crippen molar-refractivity contribution in [3.63, 3.8) is 0 Å². The number of benzene rings is 9. The molecule has 3 atom stereocenters. The summed E-state index contributed by atoms with van der Waals surface area (Å²) in [5.74, 6) is 4.62. The molecule has 1 spiro atoms. The van der Waals surface area contributed by atoms with Gasteiger partial charge in [-0.05, 0) is 91.1 Å². The number of rotatable bonds is 2. The zero-order valence-corrected chi connectivity index (χ0v) is 38.7. The lowest BCUT2D eigenvalue weighted by Crippen LogP contribution is -2.93. The summed E-state index contributed by atoms with van der Waals surface area (Å²) < 4.78 is 16.9. The third kappa shape index (κ3) is 4.55. The Labute approximate surface area is 405 Å². The maximum absolute atomic E-state index is 7.26. The molecule has 0 fully saturated rings. The van der Waals surface area contributed by atoms with E-state index in [9.17, 15) is 0 Å². The van der Waals surface area contributed by atoms with Gasteiger partial charge in [-0.1, -0.05) is 169 Å². The topological polar surface area (TPSA) is 42.2 Å². The molecule has 0 saturated heterocycles. The van der Waals surface area contributed by atoms with Crippen molar-refractivity contribution < 1.29 is 9.47 Å². The number of nitrogens with zero attached hydrogens (tertiary/aromatic N) is 4. The zero-order valence-electron chi connectivity index (χ0n) is 37.7. The third-order valence-corrected chi connectivity index (χ3v) is 21.5. The van der Waals surface area contributed by atoms with Gasteiger partial charge in [-0.15, -0.1) is 0 Å². The molecule has 70 heavy (non-hydrogen) atoms. The lowest BCUT2D eigenvalue weighted by Gasteiger charge is -2.49. The molecule has 0 saturated carbocycles. The van der Waals surface area contributed by atoms with E-state index in [0.29, 0.717) is 0 Å². The fraction of sp³-hybridized carbons (Fsp3) is 0.0328. The van der Waals surface area contributed by atoms with Crippen LogP contribution in [-0.4, -0.2) is 44.1 Å². The van der Waals surface area contributed by atoms with Gasteiger partial charge in [0, 0.05) is 28.6 Å². The second kappa shape index (κ2) is 13.4. The molecule has 3 unspecified atom stereocenters. The van der Waals surface area contributed by atoms with Gasteiger partial charge < -0.3 is 18.9 Å². The first kappa shape index (κ1) is 37.5. The van der Waals surface area contributed by atoms with E-state index in [1.807, 2.05) is 0 Å². The van der Waals surface area contributed by atoms with Crippen LogP contribution in [0.2, 0.25) is 0 Å². The molecule has 9 heteroatoms. The number of hydrogen-bond donors (Lipinski definition) is 0. The molecular weight excluding hydrogens is 870 g/mol. The minimum absolute atomic E-state index is 0.00315. The van der Waals surface area contributed by atoms with Gasteiger partial charge >= 0.3 is 0 Å². The summed E-state index contributed by atoms with van der Waals surface area (Å²) in [6, 6.07) is 72.5. The minimum atomic E-state index is -3.03. The number of anilines is 3. The van der Waals surface area contributed by atoms with Crippen molar-refractivity contribution >= 4 is 120 Å². The zero-order chi connectivity index (χ0) is 45.4. The largest absolute Gasteiger partial charge is 0.458 e. The van der Waals surface area contributed by atoms with Crippen LogP contribution in [0.25, 0.3) is 27.5 Å². The van der Waals surface area contributed by atoms with Crippen molar-refractivity contribution in [3.05, 3.63) is 218 Å². The van der Waals surface area contributed by atoms with E-state index < -0.39 is 8.07 Å². The lowest BCUT2D eigenvalue weighted by molar-refractivity contribution is 0.487. The predicted octanol–water partition coefficient (Wildman–Crippen LogP) is 6.22. The molecule has 6 nitrogen and oxygen atoms in total. The highest BCUT2D eigenvalue weighted by atomic mass is 28.3. The average molecular weight is 909 g/mol. The Morgan fingerprint density at radius 2 is 0.971 bits per heavy atom. The van der Waals surface area contributed by atoms with Gasteiger partial charge in [0.15, 0.2) is 8.07 Å². The Kier molecular flexibility index (Phi) is 7.16. The first-order chi connectivity index (χ1) is 34.7. The summed E-state index contributed by atoms with van der Waals surface area (Å²) in [6.45, 7) is -0.00766. The number of hydrogen-bond acceptors (Lipinski definition) is 5. The van der Waals surface area contributed by atoms with E-state index in [-0.39, 0.29) is 25.5 Å². The fourth-order valence-electron chi connectivity index (χ4n) is 13.9. The van der Waals surface area contributed by atoms with Crippen LogP contribution in [0, 0.1) is 0 Å². The van der Waals surface area contributed by atoms with E-state index in [2.05, 4.69) is 233 Å². The fourth-order valence-corrected chi connectivity index (χ4v) is 19.7. The normalized spacial score (nSPS) is 19.6. The minimum Gasteiger partial charge on any atom is -0.458 e. The Morgan fingerprint density at radius 1 is 0.443 bits per heavy atom. The summed E-state index contributed by atoms with van der Waals surface area (Å²) in [5.41, 5.74) is 14.5. The lowest BCUT2D eigenvalue weighted by atomic mass is 9.35. The SMILES string of the molecule is C1=CC2N=C3N(c4ccc5c(c4)Oc4cccc6c4B5c4ccccc4[Si]64c5ccccc5B5c6ccc(-n7c8ccccc8c8ccccc87)cc6Oc6cccc4c65)c4ccccc4N3C2C=C1. The van der Waals surface area contributed by atoms with Gasteiger partial charge in [-0.25, -0.2) is 4.99 Å². The van der Waals surface area contributed by atoms with Gasteiger partial charge in [0.05, 0.1) is 40.2 Å². The van der Waals surface area contributed by atoms with Crippen molar-refractivity contribution in [1.29, 1.82) is 0 Å². The van der Waals surface area contributed by atoms with Crippen molar-refractivity contribution in [2.45, 2.75) is 12.1 Å². The molecule has 17 rings (SSSR count). The molecule has 6 aliphatic heterocycles. The number of aliphatic imine (C=N–C) groups is 1. The number of aromatic nitrogens is 1. The van der Waals surface area contributed by atoms with Crippen molar-refractivity contribution in [3.8, 4) is 28.7 Å². The highest BCUT2D eigenvalue weighted by Gasteiger charge is 2.58. The summed E-state index contributed by atoms with van der Waals surface area (Å²) in [5, 5.41) is 8.15. The maximum atomic E-state index is 7.26. The molecule has 1 aliphatic carbocycles. The highest BCUT2D eigenvalue weighted by molar-refractivity contribution is 7.31. The number of para-hydroxylation sites is 4. The first-order valence-corrected chi connectivity index (χ1v) is 26.4. The van der Waals surface area contributed by atoms with E-state index in [0.717, 1.165) is 46.0 Å². The highest BCUT2D eigenvalue weighted by Crippen LogP contribution is 2.47. The number of ether oxygens (including phenoxy) is 2. The van der Waals surface area contributed by atoms with Crippen LogP contribution in [0.3, 0.4) is 0 Å². The van der Waals surface area contributed by atoms with Gasteiger partial charge in [-0.3, -0.25) is 4.90 Å². The van der Waals surface area contributed by atoms with Crippen molar-refractivity contribution in [1.82, 2.24) is 4.57 Å². The average Bonchev–Trinajstić information content (AvgIpc) is 4.08. The Bertz CT molecular complexity index is 4070. The molecule has 324 valence electrons. The first-order valence-electron chi connectivity index (χ1n) is 24.4. The molecular formula is C61H38B2N4O2Si. The maximum Gasteiger partial charge on any atom is 0.250 e. The van der Waals surface area contributed by atoms with Crippen LogP contribution >= 0.6 is 0 Å². The summed E-state index contributed by atoms with van der Waals surface area (Å²) in [7, 11) is -3.03. The molecule has 0 radical (unpaired) electrons. The van der Waals surface area contributed by atoms with Crippen LogP contribution in [-0.2, 0) is 0 Å².